The van der Waals surface area contributed by atoms with E-state index in [1.54, 1.807) is 0 Å². The number of rotatable bonds is 1. The molecule has 62 valence electrons. The van der Waals surface area contributed by atoms with Gasteiger partial charge >= 0.3 is 0 Å². The standard InChI is InChI=1S/C7H2BrI2NO/c8-4-1-5(9)7(11-3-12)6(10)2-4/h1-2H. The fourth-order valence-electron chi connectivity index (χ4n) is 0.687. The molecule has 5 heteroatoms. The number of benzene rings is 1. The number of hydrogen-bond acceptors (Lipinski definition) is 2. The molecular weight excluding hydrogens is 448 g/mol. The van der Waals surface area contributed by atoms with Gasteiger partial charge in [-0.25, -0.2) is 4.79 Å². The zero-order chi connectivity index (χ0) is 9.14. The predicted molar refractivity (Wildman–Crippen MR) is 67.4 cm³/mol. The van der Waals surface area contributed by atoms with Crippen LogP contribution in [0.3, 0.4) is 0 Å². The van der Waals surface area contributed by atoms with Gasteiger partial charge in [0.25, 0.3) is 0 Å². The zero-order valence-electron chi connectivity index (χ0n) is 5.64. The summed E-state index contributed by atoms with van der Waals surface area (Å²) in [6.07, 6.45) is 1.54. The highest BCUT2D eigenvalue weighted by atomic mass is 127. The van der Waals surface area contributed by atoms with Crippen LogP contribution in [-0.2, 0) is 4.79 Å². The van der Waals surface area contributed by atoms with E-state index in [4.69, 9.17) is 0 Å². The molecule has 0 bridgehead atoms. The van der Waals surface area contributed by atoms with Gasteiger partial charge in [-0.05, 0) is 57.3 Å². The van der Waals surface area contributed by atoms with Crippen LogP contribution >= 0.6 is 61.1 Å². The number of carbonyl (C=O) groups excluding carboxylic acids is 1. The minimum atomic E-state index is 0.689. The van der Waals surface area contributed by atoms with Crippen LogP contribution in [0, 0.1) is 7.14 Å². The van der Waals surface area contributed by atoms with Crippen LogP contribution in [-0.4, -0.2) is 6.08 Å². The number of nitrogens with zero attached hydrogens (tertiary/aromatic N) is 1. The number of isocyanates is 1. The third kappa shape index (κ3) is 2.51. The second-order valence-corrected chi connectivity index (χ2v) is 5.16. The molecule has 0 aliphatic heterocycles. The van der Waals surface area contributed by atoms with E-state index in [1.807, 2.05) is 12.1 Å². The third-order valence-electron chi connectivity index (χ3n) is 1.14. The molecule has 0 aromatic heterocycles. The summed E-state index contributed by atoms with van der Waals surface area (Å²) in [6.45, 7) is 0. The van der Waals surface area contributed by atoms with Crippen molar-refractivity contribution in [3.05, 3.63) is 23.7 Å². The monoisotopic (exact) mass is 449 g/mol. The van der Waals surface area contributed by atoms with Gasteiger partial charge in [0.15, 0.2) is 0 Å². The summed E-state index contributed by atoms with van der Waals surface area (Å²) >= 11 is 7.60. The molecule has 1 aromatic rings. The Kier molecular flexibility index (Phi) is 4.15. The van der Waals surface area contributed by atoms with E-state index in [1.165, 1.54) is 6.08 Å². The Morgan fingerprint density at radius 1 is 1.33 bits per heavy atom. The van der Waals surface area contributed by atoms with E-state index in [9.17, 15) is 4.79 Å². The summed E-state index contributed by atoms with van der Waals surface area (Å²) in [6, 6.07) is 3.80. The van der Waals surface area contributed by atoms with Crippen LogP contribution in [0.2, 0.25) is 0 Å². The molecule has 2 nitrogen and oxygen atoms in total. The van der Waals surface area contributed by atoms with Crippen molar-refractivity contribution in [3.63, 3.8) is 0 Å². The van der Waals surface area contributed by atoms with E-state index in [-0.39, 0.29) is 0 Å². The van der Waals surface area contributed by atoms with Gasteiger partial charge in [-0.3, -0.25) is 0 Å². The summed E-state index contributed by atoms with van der Waals surface area (Å²) in [5, 5.41) is 0. The lowest BCUT2D eigenvalue weighted by molar-refractivity contribution is 0.565. The largest absolute Gasteiger partial charge is 0.240 e. The molecule has 0 amide bonds. The Morgan fingerprint density at radius 3 is 2.25 bits per heavy atom. The number of aliphatic imine (C=N–C) groups is 1. The number of halogens is 3. The van der Waals surface area contributed by atoms with E-state index in [2.05, 4.69) is 66.1 Å². The fourth-order valence-corrected chi connectivity index (χ4v) is 4.01. The zero-order valence-corrected chi connectivity index (χ0v) is 11.5. The normalized spacial score (nSPS) is 9.25. The maximum absolute atomic E-state index is 10.1. The first-order valence-electron chi connectivity index (χ1n) is 2.87. The topological polar surface area (TPSA) is 29.4 Å². The summed E-state index contributed by atoms with van der Waals surface area (Å²) in [5.74, 6) is 0. The second kappa shape index (κ2) is 4.69. The van der Waals surface area contributed by atoms with Crippen molar-refractivity contribution in [1.82, 2.24) is 0 Å². The van der Waals surface area contributed by atoms with Crippen molar-refractivity contribution in [2.75, 3.05) is 0 Å². The van der Waals surface area contributed by atoms with Gasteiger partial charge < -0.3 is 0 Å². The minimum absolute atomic E-state index is 0.689. The molecule has 0 heterocycles. The first-order valence-corrected chi connectivity index (χ1v) is 5.82. The average Bonchev–Trinajstić information content (AvgIpc) is 1.96. The molecule has 0 atom stereocenters. The van der Waals surface area contributed by atoms with Crippen molar-refractivity contribution >= 4 is 72.9 Å². The first-order chi connectivity index (χ1) is 5.65. The quantitative estimate of drug-likeness (QED) is 0.366. The molecule has 0 saturated carbocycles. The minimum Gasteiger partial charge on any atom is -0.211 e. The van der Waals surface area contributed by atoms with Crippen LogP contribution in [0.1, 0.15) is 0 Å². The van der Waals surface area contributed by atoms with Crippen molar-refractivity contribution in [2.45, 2.75) is 0 Å². The molecule has 0 saturated heterocycles. The van der Waals surface area contributed by atoms with E-state index >= 15 is 0 Å². The summed E-state index contributed by atoms with van der Waals surface area (Å²) in [5.41, 5.74) is 0.689. The first kappa shape index (κ1) is 10.6. The van der Waals surface area contributed by atoms with Gasteiger partial charge in [-0.1, -0.05) is 15.9 Å². The van der Waals surface area contributed by atoms with Gasteiger partial charge in [-0.2, -0.15) is 4.99 Å². The SMILES string of the molecule is O=C=Nc1c(I)cc(Br)cc1I. The van der Waals surface area contributed by atoms with Gasteiger partial charge in [-0.15, -0.1) is 0 Å². The highest BCUT2D eigenvalue weighted by Crippen LogP contribution is 2.30. The lowest BCUT2D eigenvalue weighted by Gasteiger charge is -2.00. The van der Waals surface area contributed by atoms with Crippen molar-refractivity contribution in [3.8, 4) is 0 Å². The Morgan fingerprint density at radius 2 is 1.83 bits per heavy atom. The Hall–Kier alpha value is 0.540. The molecule has 0 aliphatic carbocycles. The van der Waals surface area contributed by atoms with Gasteiger partial charge in [0, 0.05) is 11.6 Å². The highest BCUT2D eigenvalue weighted by molar-refractivity contribution is 14.1. The van der Waals surface area contributed by atoms with E-state index < -0.39 is 0 Å². The molecule has 1 rings (SSSR count). The van der Waals surface area contributed by atoms with Crippen LogP contribution in [0.5, 0.6) is 0 Å². The molecule has 0 radical (unpaired) electrons. The second-order valence-electron chi connectivity index (χ2n) is 1.92. The van der Waals surface area contributed by atoms with E-state index in [0.717, 1.165) is 11.6 Å². The highest BCUT2D eigenvalue weighted by Gasteiger charge is 2.04. The van der Waals surface area contributed by atoms with Crippen LogP contribution in [0.4, 0.5) is 5.69 Å². The van der Waals surface area contributed by atoms with Gasteiger partial charge in [0.05, 0.1) is 0 Å². The molecule has 0 aliphatic rings. The number of hydrogen-bond donors (Lipinski definition) is 0. The molecule has 0 fully saturated rings. The predicted octanol–water partition coefficient (Wildman–Crippen LogP) is 3.63. The summed E-state index contributed by atoms with van der Waals surface area (Å²) < 4.78 is 2.87. The maximum Gasteiger partial charge on any atom is 0.240 e. The average molecular weight is 450 g/mol. The molecular formula is C7H2BrI2NO. The molecule has 0 spiro atoms. The summed E-state index contributed by atoms with van der Waals surface area (Å²) in [7, 11) is 0. The Bertz CT molecular complexity index is 337. The summed E-state index contributed by atoms with van der Waals surface area (Å²) in [4.78, 5) is 13.7. The lowest BCUT2D eigenvalue weighted by atomic mass is 10.3. The van der Waals surface area contributed by atoms with Crippen molar-refractivity contribution in [2.24, 2.45) is 4.99 Å². The van der Waals surface area contributed by atoms with Crippen LogP contribution in [0.25, 0.3) is 0 Å². The van der Waals surface area contributed by atoms with Gasteiger partial charge in [0.2, 0.25) is 6.08 Å². The molecule has 0 unspecified atom stereocenters. The Balaban J connectivity index is 3.37. The van der Waals surface area contributed by atoms with E-state index in [0.29, 0.717) is 5.69 Å². The molecule has 12 heavy (non-hydrogen) atoms. The fraction of sp³-hybridized carbons (Fsp3) is 0. The van der Waals surface area contributed by atoms with Crippen molar-refractivity contribution in [1.29, 1.82) is 0 Å². The van der Waals surface area contributed by atoms with Crippen molar-refractivity contribution < 1.29 is 4.79 Å². The molecule has 0 N–H and O–H groups in total. The van der Waals surface area contributed by atoms with Gasteiger partial charge in [0.1, 0.15) is 5.69 Å². The molecule has 1 aromatic carbocycles. The lowest BCUT2D eigenvalue weighted by Crippen LogP contribution is -1.79. The smallest absolute Gasteiger partial charge is 0.211 e. The maximum atomic E-state index is 10.1. The Labute approximate surface area is 105 Å². The van der Waals surface area contributed by atoms with Crippen LogP contribution in [0.15, 0.2) is 21.6 Å². The third-order valence-corrected chi connectivity index (χ3v) is 3.24. The van der Waals surface area contributed by atoms with Crippen LogP contribution < -0.4 is 0 Å².